The lowest BCUT2D eigenvalue weighted by molar-refractivity contribution is -0.167. The fourth-order valence-corrected chi connectivity index (χ4v) is 9.72. The lowest BCUT2D eigenvalue weighted by Gasteiger charge is -2.26. The van der Waals surface area contributed by atoms with E-state index in [4.69, 9.17) is 18.9 Å². The van der Waals surface area contributed by atoms with Gasteiger partial charge >= 0.3 is 5.97 Å². The van der Waals surface area contributed by atoms with Crippen molar-refractivity contribution in [2.24, 2.45) is 0 Å². The third-order valence-electron chi connectivity index (χ3n) is 14.3. The highest BCUT2D eigenvalue weighted by Gasteiger charge is 2.25. The van der Waals surface area contributed by atoms with E-state index in [0.29, 0.717) is 45.4 Å². The maximum absolute atomic E-state index is 13.8. The molecule has 1 aromatic rings. The van der Waals surface area contributed by atoms with Gasteiger partial charge in [-0.3, -0.25) is 19.2 Å². The molecule has 0 aromatic heterocycles. The van der Waals surface area contributed by atoms with Crippen molar-refractivity contribution >= 4 is 23.7 Å². The number of aliphatic hydroxyl groups is 1. The van der Waals surface area contributed by atoms with Gasteiger partial charge in [0, 0.05) is 26.2 Å². The van der Waals surface area contributed by atoms with E-state index in [0.717, 1.165) is 82.6 Å². The van der Waals surface area contributed by atoms with E-state index in [9.17, 15) is 24.3 Å². The summed E-state index contributed by atoms with van der Waals surface area (Å²) in [6, 6.07) is 8.70. The Morgan fingerprint density at radius 1 is 0.603 bits per heavy atom. The minimum atomic E-state index is -0.895. The quantitative estimate of drug-likeness (QED) is 0.0368. The molecule has 1 heterocycles. The van der Waals surface area contributed by atoms with Crippen molar-refractivity contribution in [3.8, 4) is 0 Å². The van der Waals surface area contributed by atoms with Crippen LogP contribution in [0.25, 0.3) is 0 Å². The number of hydrogen-bond donors (Lipinski definition) is 4. The van der Waals surface area contributed by atoms with E-state index in [1.54, 1.807) is 0 Å². The molecule has 12 nitrogen and oxygen atoms in total. The number of amides is 3. The standard InChI is InChI=1S/C61H109N3O9/c1-4-7-10-13-16-19-22-25-31-40-54(71-50-52-37-29-28-30-38-52)48-58(67)64-56(44-46-65)61(69)62-45-36-39-53(51-72-60-43-34-35-47-70-60)63-57(66)49-55(41-32-26-23-20-17-14-11-8-5-2)73-59(68)42-33-27-24-21-18-15-12-9-6-3/h28-30,37-38,53-56,60,65H,4-27,31-36,39-51H2,1-3H3,(H,62,69)(H,63,66)(H,64,67)/t53-,54-,55-,56+,60?/m1/s1. The summed E-state index contributed by atoms with van der Waals surface area (Å²) in [5.41, 5.74) is 1.04. The number of esters is 1. The third kappa shape index (κ3) is 38.2. The molecule has 12 heteroatoms. The summed E-state index contributed by atoms with van der Waals surface area (Å²) < 4.78 is 24.3. The summed E-state index contributed by atoms with van der Waals surface area (Å²) in [4.78, 5) is 53.9. The molecular weight excluding hydrogens is 919 g/mol. The lowest BCUT2D eigenvalue weighted by Crippen LogP contribution is -2.48. The van der Waals surface area contributed by atoms with E-state index in [1.165, 1.54) is 122 Å². The molecule has 0 radical (unpaired) electrons. The van der Waals surface area contributed by atoms with Crippen molar-refractivity contribution in [3.63, 3.8) is 0 Å². The Labute approximate surface area is 445 Å². The van der Waals surface area contributed by atoms with Crippen molar-refractivity contribution < 1.29 is 43.2 Å². The van der Waals surface area contributed by atoms with Crippen molar-refractivity contribution in [1.29, 1.82) is 0 Å². The van der Waals surface area contributed by atoms with E-state index >= 15 is 0 Å². The van der Waals surface area contributed by atoms with Crippen LogP contribution in [0.4, 0.5) is 0 Å². The predicted octanol–water partition coefficient (Wildman–Crippen LogP) is 13.8. The largest absolute Gasteiger partial charge is 0.462 e. The molecule has 0 spiro atoms. The maximum Gasteiger partial charge on any atom is 0.306 e. The number of carbonyl (C=O) groups excluding carboxylic acids is 4. The highest BCUT2D eigenvalue weighted by atomic mass is 16.7. The molecule has 4 N–H and O–H groups in total. The van der Waals surface area contributed by atoms with Crippen molar-refractivity contribution in [2.45, 2.75) is 302 Å². The van der Waals surface area contributed by atoms with E-state index in [1.807, 2.05) is 30.3 Å². The molecule has 0 aliphatic carbocycles. The van der Waals surface area contributed by atoms with Gasteiger partial charge < -0.3 is 40.0 Å². The zero-order chi connectivity index (χ0) is 52.7. The molecule has 1 aliphatic rings. The van der Waals surface area contributed by atoms with Crippen LogP contribution in [-0.2, 0) is 44.7 Å². The zero-order valence-electron chi connectivity index (χ0n) is 46.9. The molecule has 0 saturated carbocycles. The molecule has 1 aliphatic heterocycles. The molecule has 3 amide bonds. The minimum Gasteiger partial charge on any atom is -0.462 e. The van der Waals surface area contributed by atoms with Crippen molar-refractivity contribution in [2.75, 3.05) is 26.4 Å². The van der Waals surface area contributed by atoms with Crippen LogP contribution in [0.2, 0.25) is 0 Å². The average Bonchev–Trinajstić information content (AvgIpc) is 3.39. The third-order valence-corrected chi connectivity index (χ3v) is 14.3. The lowest BCUT2D eigenvalue weighted by atomic mass is 10.0. The fourth-order valence-electron chi connectivity index (χ4n) is 9.72. The first-order valence-corrected chi connectivity index (χ1v) is 30.3. The van der Waals surface area contributed by atoms with Crippen molar-refractivity contribution in [3.05, 3.63) is 35.9 Å². The Kier molecular flexibility index (Phi) is 42.9. The summed E-state index contributed by atoms with van der Waals surface area (Å²) in [7, 11) is 0. The van der Waals surface area contributed by atoms with Gasteiger partial charge in [0.25, 0.3) is 0 Å². The van der Waals surface area contributed by atoms with Crippen LogP contribution >= 0.6 is 0 Å². The summed E-state index contributed by atoms with van der Waals surface area (Å²) in [5.74, 6) is -1.05. The predicted molar refractivity (Wildman–Crippen MR) is 297 cm³/mol. The summed E-state index contributed by atoms with van der Waals surface area (Å²) >= 11 is 0. The second kappa shape index (κ2) is 47.4. The molecule has 422 valence electrons. The van der Waals surface area contributed by atoms with Gasteiger partial charge in [-0.1, -0.05) is 212 Å². The van der Waals surface area contributed by atoms with E-state index in [2.05, 4.69) is 36.7 Å². The Hall–Kier alpha value is -3.06. The Morgan fingerprint density at radius 2 is 1.12 bits per heavy atom. The van der Waals surface area contributed by atoms with E-state index < -0.39 is 12.1 Å². The Bertz CT molecular complexity index is 1460. The molecule has 1 saturated heterocycles. The van der Waals surface area contributed by atoms with Gasteiger partial charge in [-0.15, -0.1) is 0 Å². The summed E-state index contributed by atoms with van der Waals surface area (Å²) in [6.45, 7) is 8.07. The molecule has 5 atom stereocenters. The van der Waals surface area contributed by atoms with Gasteiger partial charge in [0.1, 0.15) is 12.1 Å². The minimum absolute atomic E-state index is 0.0866. The van der Waals surface area contributed by atoms with Crippen LogP contribution in [0.15, 0.2) is 30.3 Å². The second-order valence-electron chi connectivity index (χ2n) is 21.2. The number of nitrogens with one attached hydrogen (secondary N) is 3. The summed E-state index contributed by atoms with van der Waals surface area (Å²) in [5, 5.41) is 18.9. The highest BCUT2D eigenvalue weighted by Crippen LogP contribution is 2.20. The number of hydrogen-bond acceptors (Lipinski definition) is 9. The van der Waals surface area contributed by atoms with Crippen molar-refractivity contribution in [1.82, 2.24) is 16.0 Å². The van der Waals surface area contributed by atoms with Gasteiger partial charge in [0.2, 0.25) is 17.7 Å². The molecule has 1 fully saturated rings. The summed E-state index contributed by atoms with van der Waals surface area (Å²) in [6.07, 6.45) is 37.0. The number of benzene rings is 1. The Morgan fingerprint density at radius 3 is 1.67 bits per heavy atom. The first kappa shape index (κ1) is 66.1. The van der Waals surface area contributed by atoms with Crippen LogP contribution in [0, 0.1) is 0 Å². The van der Waals surface area contributed by atoms with Gasteiger partial charge in [-0.2, -0.15) is 0 Å². The number of rotatable bonds is 50. The van der Waals surface area contributed by atoms with Crippen LogP contribution in [-0.4, -0.2) is 85.7 Å². The topological polar surface area (TPSA) is 162 Å². The van der Waals surface area contributed by atoms with Gasteiger partial charge in [0.05, 0.1) is 38.2 Å². The number of ether oxygens (including phenoxy) is 4. The maximum atomic E-state index is 13.8. The number of aliphatic hydroxyl groups excluding tert-OH is 1. The molecule has 1 unspecified atom stereocenters. The smallest absolute Gasteiger partial charge is 0.306 e. The van der Waals surface area contributed by atoms with Crippen LogP contribution < -0.4 is 16.0 Å². The molecule has 0 bridgehead atoms. The molecular formula is C61H109N3O9. The van der Waals surface area contributed by atoms with E-state index in [-0.39, 0.29) is 74.6 Å². The van der Waals surface area contributed by atoms with Crippen LogP contribution in [0.3, 0.4) is 0 Å². The second-order valence-corrected chi connectivity index (χ2v) is 21.2. The molecule has 1 aromatic carbocycles. The normalized spacial score (nSPS) is 15.3. The zero-order valence-corrected chi connectivity index (χ0v) is 46.9. The Balaban J connectivity index is 1.96. The van der Waals surface area contributed by atoms with Gasteiger partial charge in [-0.05, 0) is 69.8 Å². The number of carbonyl (C=O) groups is 4. The van der Waals surface area contributed by atoms with Gasteiger partial charge in [0.15, 0.2) is 6.29 Å². The molecule has 2 rings (SSSR count). The number of unbranched alkanes of at least 4 members (excludes halogenated alkanes) is 24. The van der Waals surface area contributed by atoms with Gasteiger partial charge in [-0.25, -0.2) is 0 Å². The molecule has 73 heavy (non-hydrogen) atoms. The average molecular weight is 1030 g/mol. The van der Waals surface area contributed by atoms with Crippen LogP contribution in [0.5, 0.6) is 0 Å². The highest BCUT2D eigenvalue weighted by molar-refractivity contribution is 5.87. The first-order chi connectivity index (χ1) is 35.8. The first-order valence-electron chi connectivity index (χ1n) is 30.3. The monoisotopic (exact) mass is 1030 g/mol. The SMILES string of the molecule is CCCCCCCCCCCC(=O)O[C@H](CCCCCCCCCCC)CC(=O)N[C@H](CCCNC(=O)[C@H](CCO)NC(=O)C[C@@H](CCCCCCCCCCC)OCc1ccccc1)COC1CCCCO1. The van der Waals surface area contributed by atoms with Crippen LogP contribution in [0.1, 0.15) is 270 Å². The fraction of sp³-hybridized carbons (Fsp3) is 0.836.